The molecule has 0 atom stereocenters. The molecule has 0 saturated carbocycles. The predicted molar refractivity (Wildman–Crippen MR) is 88.6 cm³/mol. The smallest absolute Gasteiger partial charge is 0.0718 e. The van der Waals surface area contributed by atoms with E-state index in [2.05, 4.69) is 43.4 Å². The number of ether oxygens (including phenoxy) is 2. The number of hydrogen-bond acceptors (Lipinski definition) is 3. The van der Waals surface area contributed by atoms with Crippen molar-refractivity contribution in [2.75, 3.05) is 26.3 Å². The lowest BCUT2D eigenvalue weighted by Crippen LogP contribution is -2.22. The zero-order chi connectivity index (χ0) is 15.5. The van der Waals surface area contributed by atoms with Crippen molar-refractivity contribution in [3.63, 3.8) is 0 Å². The van der Waals surface area contributed by atoms with Gasteiger partial charge in [0.2, 0.25) is 0 Å². The molecule has 1 N–H and O–H groups in total. The van der Waals surface area contributed by atoms with Crippen LogP contribution in [0.1, 0.15) is 38.8 Å². The lowest BCUT2D eigenvalue weighted by Gasteiger charge is -2.09. The van der Waals surface area contributed by atoms with E-state index in [1.807, 2.05) is 13.8 Å². The molecule has 21 heavy (non-hydrogen) atoms. The van der Waals surface area contributed by atoms with E-state index in [0.29, 0.717) is 25.7 Å². The Morgan fingerprint density at radius 3 is 2.24 bits per heavy atom. The van der Waals surface area contributed by atoms with Gasteiger partial charge in [0.1, 0.15) is 0 Å². The highest BCUT2D eigenvalue weighted by atomic mass is 16.5. The molecule has 1 aromatic carbocycles. The monoisotopic (exact) mass is 293 g/mol. The van der Waals surface area contributed by atoms with Gasteiger partial charge in [-0.05, 0) is 50.4 Å². The van der Waals surface area contributed by atoms with Gasteiger partial charge in [0.15, 0.2) is 0 Å². The van der Waals surface area contributed by atoms with Crippen molar-refractivity contribution in [1.82, 2.24) is 5.32 Å². The van der Waals surface area contributed by atoms with Crippen LogP contribution in [0.15, 0.2) is 24.3 Å². The van der Waals surface area contributed by atoms with Crippen LogP contribution in [-0.2, 0) is 22.5 Å². The molecule has 120 valence electrons. The van der Waals surface area contributed by atoms with Gasteiger partial charge in [-0.25, -0.2) is 0 Å². The van der Waals surface area contributed by atoms with Crippen LogP contribution in [0.2, 0.25) is 0 Å². The summed E-state index contributed by atoms with van der Waals surface area (Å²) in [4.78, 5) is 0. The first-order valence-corrected chi connectivity index (χ1v) is 8.05. The van der Waals surface area contributed by atoms with Crippen LogP contribution in [-0.4, -0.2) is 32.4 Å². The molecule has 0 bridgehead atoms. The van der Waals surface area contributed by atoms with Crippen molar-refractivity contribution in [1.29, 1.82) is 0 Å². The van der Waals surface area contributed by atoms with Crippen LogP contribution in [0.4, 0.5) is 0 Å². The Hall–Kier alpha value is -0.900. The Morgan fingerprint density at radius 2 is 1.62 bits per heavy atom. The Labute approximate surface area is 130 Å². The second-order valence-electron chi connectivity index (χ2n) is 6.14. The van der Waals surface area contributed by atoms with E-state index < -0.39 is 0 Å². The summed E-state index contributed by atoms with van der Waals surface area (Å²) >= 11 is 0. The van der Waals surface area contributed by atoms with Gasteiger partial charge in [-0.3, -0.25) is 0 Å². The van der Waals surface area contributed by atoms with Gasteiger partial charge in [0.05, 0.1) is 25.9 Å². The average molecular weight is 293 g/mol. The summed E-state index contributed by atoms with van der Waals surface area (Å²) in [6.07, 6.45) is 1.35. The third-order valence-electron chi connectivity index (χ3n) is 3.11. The molecule has 0 unspecified atom stereocenters. The maximum Gasteiger partial charge on any atom is 0.0718 e. The predicted octanol–water partition coefficient (Wildman–Crippen LogP) is 3.42. The van der Waals surface area contributed by atoms with Crippen LogP contribution in [0.5, 0.6) is 0 Å². The molecule has 0 fully saturated rings. The molecule has 0 radical (unpaired) electrons. The summed E-state index contributed by atoms with van der Waals surface area (Å²) in [6.45, 7) is 12.6. The highest BCUT2D eigenvalue weighted by Crippen LogP contribution is 2.06. The van der Waals surface area contributed by atoms with E-state index in [4.69, 9.17) is 9.47 Å². The Kier molecular flexibility index (Phi) is 9.31. The van der Waals surface area contributed by atoms with Crippen molar-refractivity contribution in [3.05, 3.63) is 35.4 Å². The van der Waals surface area contributed by atoms with E-state index in [0.717, 1.165) is 19.5 Å². The van der Waals surface area contributed by atoms with Crippen molar-refractivity contribution in [3.8, 4) is 0 Å². The fraction of sp³-hybridized carbons (Fsp3) is 0.667. The van der Waals surface area contributed by atoms with E-state index in [-0.39, 0.29) is 6.10 Å². The molecule has 0 amide bonds. The molecule has 3 heteroatoms. The summed E-state index contributed by atoms with van der Waals surface area (Å²) < 4.78 is 11.0. The Morgan fingerprint density at radius 1 is 0.952 bits per heavy atom. The number of rotatable bonds is 11. The SMILES string of the molecule is CC(C)CNCCc1ccc(COCCOC(C)C)cc1. The molecule has 1 rings (SSSR count). The highest BCUT2D eigenvalue weighted by molar-refractivity contribution is 5.22. The van der Waals surface area contributed by atoms with Crippen molar-refractivity contribution in [2.24, 2.45) is 5.92 Å². The Bertz CT molecular complexity index is 360. The average Bonchev–Trinajstić information content (AvgIpc) is 2.44. The summed E-state index contributed by atoms with van der Waals surface area (Å²) in [5, 5.41) is 3.47. The third kappa shape index (κ3) is 9.62. The molecule has 3 nitrogen and oxygen atoms in total. The van der Waals surface area contributed by atoms with Gasteiger partial charge in [-0.2, -0.15) is 0 Å². The van der Waals surface area contributed by atoms with Gasteiger partial charge in [-0.1, -0.05) is 38.1 Å². The molecular weight excluding hydrogens is 262 g/mol. The molecule has 0 aliphatic heterocycles. The quantitative estimate of drug-likeness (QED) is 0.634. The maximum absolute atomic E-state index is 5.60. The highest BCUT2D eigenvalue weighted by Gasteiger charge is 1.98. The van der Waals surface area contributed by atoms with Crippen LogP contribution >= 0.6 is 0 Å². The van der Waals surface area contributed by atoms with E-state index in [9.17, 15) is 0 Å². The summed E-state index contributed by atoms with van der Waals surface area (Å²) in [6, 6.07) is 8.70. The number of nitrogens with one attached hydrogen (secondary N) is 1. The van der Waals surface area contributed by atoms with Crippen LogP contribution < -0.4 is 5.32 Å². The molecule has 0 aliphatic carbocycles. The fourth-order valence-corrected chi connectivity index (χ4v) is 1.96. The van der Waals surface area contributed by atoms with Crippen molar-refractivity contribution in [2.45, 2.75) is 46.8 Å². The molecule has 0 aliphatic rings. The normalized spacial score (nSPS) is 11.5. The molecule has 0 aromatic heterocycles. The minimum atomic E-state index is 0.275. The first-order chi connectivity index (χ1) is 10.1. The van der Waals surface area contributed by atoms with Crippen LogP contribution in [0.3, 0.4) is 0 Å². The van der Waals surface area contributed by atoms with Gasteiger partial charge in [0, 0.05) is 0 Å². The maximum atomic E-state index is 5.60. The summed E-state index contributed by atoms with van der Waals surface area (Å²) in [7, 11) is 0. The first kappa shape index (κ1) is 18.1. The zero-order valence-electron chi connectivity index (χ0n) is 14.0. The van der Waals surface area contributed by atoms with E-state index >= 15 is 0 Å². The molecule has 0 heterocycles. The lowest BCUT2D eigenvalue weighted by atomic mass is 10.1. The Balaban J connectivity index is 2.15. The van der Waals surface area contributed by atoms with Crippen molar-refractivity contribution < 1.29 is 9.47 Å². The minimum Gasteiger partial charge on any atom is -0.376 e. The van der Waals surface area contributed by atoms with Crippen LogP contribution in [0.25, 0.3) is 0 Å². The molecule has 1 aromatic rings. The second kappa shape index (κ2) is 10.8. The topological polar surface area (TPSA) is 30.5 Å². The van der Waals surface area contributed by atoms with E-state index in [1.54, 1.807) is 0 Å². The summed E-state index contributed by atoms with van der Waals surface area (Å²) in [5.74, 6) is 0.712. The second-order valence-corrected chi connectivity index (χ2v) is 6.14. The molecule has 0 saturated heterocycles. The van der Waals surface area contributed by atoms with E-state index in [1.165, 1.54) is 11.1 Å². The van der Waals surface area contributed by atoms with Crippen molar-refractivity contribution >= 4 is 0 Å². The number of benzene rings is 1. The number of hydrogen-bond donors (Lipinski definition) is 1. The zero-order valence-corrected chi connectivity index (χ0v) is 14.0. The standard InChI is InChI=1S/C18H31NO2/c1-15(2)13-19-10-9-17-5-7-18(8-6-17)14-20-11-12-21-16(3)4/h5-8,15-16,19H,9-14H2,1-4H3. The van der Waals surface area contributed by atoms with Gasteiger partial charge in [-0.15, -0.1) is 0 Å². The molecular formula is C18H31NO2. The third-order valence-corrected chi connectivity index (χ3v) is 3.11. The van der Waals surface area contributed by atoms with Crippen LogP contribution in [0, 0.1) is 5.92 Å². The fourth-order valence-electron chi connectivity index (χ4n) is 1.96. The van der Waals surface area contributed by atoms with Gasteiger partial charge >= 0.3 is 0 Å². The van der Waals surface area contributed by atoms with Gasteiger partial charge in [0.25, 0.3) is 0 Å². The molecule has 0 spiro atoms. The summed E-state index contributed by atoms with van der Waals surface area (Å²) in [5.41, 5.74) is 2.59. The minimum absolute atomic E-state index is 0.275. The first-order valence-electron chi connectivity index (χ1n) is 8.05. The largest absolute Gasteiger partial charge is 0.376 e. The van der Waals surface area contributed by atoms with Gasteiger partial charge < -0.3 is 14.8 Å². The lowest BCUT2D eigenvalue weighted by molar-refractivity contribution is 0.0143.